The van der Waals surface area contributed by atoms with Gasteiger partial charge in [0.1, 0.15) is 0 Å². The summed E-state index contributed by atoms with van der Waals surface area (Å²) in [6, 6.07) is 7.11. The molecule has 0 unspecified atom stereocenters. The second-order valence-electron chi connectivity index (χ2n) is 6.94. The molecule has 1 saturated carbocycles. The average molecular weight is 364 g/mol. The van der Waals surface area contributed by atoms with Crippen LogP contribution in [0.15, 0.2) is 30.3 Å². The van der Waals surface area contributed by atoms with Gasteiger partial charge in [-0.2, -0.15) is 13.2 Å². The van der Waals surface area contributed by atoms with Crippen LogP contribution < -0.4 is 5.32 Å². The third-order valence-corrected chi connectivity index (χ3v) is 5.14. The van der Waals surface area contributed by atoms with Gasteiger partial charge in [-0.05, 0) is 57.0 Å². The van der Waals surface area contributed by atoms with Gasteiger partial charge in [0.2, 0.25) is 0 Å². The van der Waals surface area contributed by atoms with Crippen LogP contribution in [0.5, 0.6) is 0 Å². The molecule has 1 heterocycles. The molecule has 1 aromatic heterocycles. The molecule has 1 aliphatic rings. The third-order valence-electron chi connectivity index (χ3n) is 5.14. The van der Waals surface area contributed by atoms with Crippen LogP contribution in [-0.4, -0.2) is 16.9 Å². The first-order valence-electron chi connectivity index (χ1n) is 8.90. The first-order valence-corrected chi connectivity index (χ1v) is 8.90. The number of benzene rings is 1. The molecule has 0 saturated heterocycles. The summed E-state index contributed by atoms with van der Waals surface area (Å²) in [5, 5.41) is 2.92. The standard InChI is InChI=1S/C20H23F3N2O/c1-13-11-18(14(2)25(13)17-5-3-4-6-17)19(26)12-24-16-9-7-15(8-10-16)20(21,22)23/h7-11,17,24H,3-6,12H2,1-2H3. The maximum absolute atomic E-state index is 12.6. The van der Waals surface area contributed by atoms with Gasteiger partial charge < -0.3 is 9.88 Å². The van der Waals surface area contributed by atoms with Crippen molar-refractivity contribution in [2.24, 2.45) is 0 Å². The van der Waals surface area contributed by atoms with Crippen molar-refractivity contribution in [2.45, 2.75) is 51.7 Å². The Morgan fingerprint density at radius 1 is 1.15 bits per heavy atom. The normalized spacial score (nSPS) is 15.4. The number of nitrogens with zero attached hydrogens (tertiary/aromatic N) is 1. The zero-order valence-corrected chi connectivity index (χ0v) is 15.0. The molecule has 0 spiro atoms. The number of anilines is 1. The quantitative estimate of drug-likeness (QED) is 0.708. The van der Waals surface area contributed by atoms with Crippen LogP contribution in [0, 0.1) is 13.8 Å². The first kappa shape index (κ1) is 18.5. The molecule has 2 aromatic rings. The van der Waals surface area contributed by atoms with Crippen molar-refractivity contribution in [1.82, 2.24) is 4.57 Å². The van der Waals surface area contributed by atoms with E-state index in [9.17, 15) is 18.0 Å². The summed E-state index contributed by atoms with van der Waals surface area (Å²) >= 11 is 0. The Kier molecular flexibility index (Phi) is 5.12. The van der Waals surface area contributed by atoms with Crippen molar-refractivity contribution in [3.05, 3.63) is 52.8 Å². The van der Waals surface area contributed by atoms with E-state index >= 15 is 0 Å². The van der Waals surface area contributed by atoms with Crippen molar-refractivity contribution in [3.63, 3.8) is 0 Å². The fourth-order valence-corrected chi connectivity index (χ4v) is 3.84. The Bertz CT molecular complexity index is 785. The molecular formula is C20H23F3N2O. The predicted molar refractivity (Wildman–Crippen MR) is 95.7 cm³/mol. The van der Waals surface area contributed by atoms with Gasteiger partial charge in [0, 0.05) is 28.7 Å². The van der Waals surface area contributed by atoms with E-state index in [1.807, 2.05) is 19.9 Å². The van der Waals surface area contributed by atoms with E-state index in [1.165, 1.54) is 25.0 Å². The molecular weight excluding hydrogens is 341 g/mol. The van der Waals surface area contributed by atoms with Gasteiger partial charge in [-0.1, -0.05) is 12.8 Å². The maximum Gasteiger partial charge on any atom is 0.416 e. The average Bonchev–Trinajstić information content (AvgIpc) is 3.20. The molecule has 0 aliphatic heterocycles. The number of halogens is 3. The van der Waals surface area contributed by atoms with E-state index in [-0.39, 0.29) is 12.3 Å². The summed E-state index contributed by atoms with van der Waals surface area (Å²) in [6.07, 6.45) is 0.384. The minimum absolute atomic E-state index is 0.0535. The van der Waals surface area contributed by atoms with Gasteiger partial charge in [0.15, 0.2) is 5.78 Å². The minimum Gasteiger partial charge on any atom is -0.378 e. The Labute approximate surface area is 151 Å². The number of carbonyl (C=O) groups excluding carboxylic acids is 1. The van der Waals surface area contributed by atoms with Gasteiger partial charge in [-0.3, -0.25) is 4.79 Å². The summed E-state index contributed by atoms with van der Waals surface area (Å²) in [7, 11) is 0. The molecule has 3 rings (SSSR count). The Morgan fingerprint density at radius 3 is 2.35 bits per heavy atom. The number of hydrogen-bond donors (Lipinski definition) is 1. The van der Waals surface area contributed by atoms with Gasteiger partial charge in [0.25, 0.3) is 0 Å². The summed E-state index contributed by atoms with van der Waals surface area (Å²) in [6.45, 7) is 4.04. The number of alkyl halides is 3. The third kappa shape index (κ3) is 3.79. The fraction of sp³-hybridized carbons (Fsp3) is 0.450. The highest BCUT2D eigenvalue weighted by Crippen LogP contribution is 2.33. The van der Waals surface area contributed by atoms with Crippen LogP contribution in [0.3, 0.4) is 0 Å². The van der Waals surface area contributed by atoms with Gasteiger partial charge in [-0.25, -0.2) is 0 Å². The number of ketones is 1. The molecule has 3 nitrogen and oxygen atoms in total. The topological polar surface area (TPSA) is 34.0 Å². The van der Waals surface area contributed by atoms with Crippen LogP contribution in [-0.2, 0) is 6.18 Å². The molecule has 1 N–H and O–H groups in total. The van der Waals surface area contributed by atoms with Crippen LogP contribution in [0.2, 0.25) is 0 Å². The second-order valence-corrected chi connectivity index (χ2v) is 6.94. The summed E-state index contributed by atoms with van der Waals surface area (Å²) in [5.41, 5.74) is 2.56. The number of Topliss-reactive ketones (excluding diaryl/α,β-unsaturated/α-hetero) is 1. The zero-order valence-electron chi connectivity index (χ0n) is 15.0. The lowest BCUT2D eigenvalue weighted by Crippen LogP contribution is -2.16. The van der Waals surface area contributed by atoms with Crippen molar-refractivity contribution < 1.29 is 18.0 Å². The van der Waals surface area contributed by atoms with Crippen molar-refractivity contribution in [2.75, 3.05) is 11.9 Å². The van der Waals surface area contributed by atoms with Crippen molar-refractivity contribution in [3.8, 4) is 0 Å². The zero-order chi connectivity index (χ0) is 18.9. The molecule has 6 heteroatoms. The molecule has 0 amide bonds. The highest BCUT2D eigenvalue weighted by molar-refractivity contribution is 6.00. The number of hydrogen-bond acceptors (Lipinski definition) is 2. The van der Waals surface area contributed by atoms with E-state index in [0.717, 1.165) is 36.4 Å². The van der Waals surface area contributed by atoms with Crippen LogP contribution in [0.25, 0.3) is 0 Å². The lowest BCUT2D eigenvalue weighted by Gasteiger charge is -2.17. The fourth-order valence-electron chi connectivity index (χ4n) is 3.84. The number of aryl methyl sites for hydroxylation is 1. The molecule has 1 fully saturated rings. The number of carbonyl (C=O) groups is 1. The van der Waals surface area contributed by atoms with Gasteiger partial charge >= 0.3 is 6.18 Å². The predicted octanol–water partition coefficient (Wildman–Crippen LogP) is 5.53. The molecule has 1 aromatic carbocycles. The van der Waals surface area contributed by atoms with Crippen molar-refractivity contribution >= 4 is 11.5 Å². The number of aromatic nitrogens is 1. The smallest absolute Gasteiger partial charge is 0.378 e. The molecule has 0 atom stereocenters. The van der Waals surface area contributed by atoms with Crippen LogP contribution in [0.4, 0.5) is 18.9 Å². The van der Waals surface area contributed by atoms with E-state index in [0.29, 0.717) is 17.3 Å². The van der Waals surface area contributed by atoms with Gasteiger partial charge in [0.05, 0.1) is 12.1 Å². The second kappa shape index (κ2) is 7.17. The maximum atomic E-state index is 12.6. The van der Waals surface area contributed by atoms with Crippen LogP contribution >= 0.6 is 0 Å². The molecule has 1 aliphatic carbocycles. The monoisotopic (exact) mass is 364 g/mol. The highest BCUT2D eigenvalue weighted by atomic mass is 19.4. The summed E-state index contributed by atoms with van der Waals surface area (Å²) in [5.74, 6) is -0.0535. The number of rotatable bonds is 5. The first-order chi connectivity index (χ1) is 12.3. The molecule has 26 heavy (non-hydrogen) atoms. The lowest BCUT2D eigenvalue weighted by molar-refractivity contribution is -0.137. The van der Waals surface area contributed by atoms with E-state index < -0.39 is 11.7 Å². The number of nitrogens with one attached hydrogen (secondary N) is 1. The van der Waals surface area contributed by atoms with E-state index in [2.05, 4.69) is 9.88 Å². The largest absolute Gasteiger partial charge is 0.416 e. The minimum atomic E-state index is -4.36. The van der Waals surface area contributed by atoms with E-state index in [4.69, 9.17) is 0 Å². The lowest BCUT2D eigenvalue weighted by atomic mass is 10.1. The van der Waals surface area contributed by atoms with Gasteiger partial charge in [-0.15, -0.1) is 0 Å². The highest BCUT2D eigenvalue weighted by Gasteiger charge is 2.30. The summed E-state index contributed by atoms with van der Waals surface area (Å²) < 4.78 is 40.0. The Morgan fingerprint density at radius 2 is 1.77 bits per heavy atom. The SMILES string of the molecule is Cc1cc(C(=O)CNc2ccc(C(F)(F)F)cc2)c(C)n1C1CCCC1. The molecule has 0 bridgehead atoms. The van der Waals surface area contributed by atoms with Crippen molar-refractivity contribution in [1.29, 1.82) is 0 Å². The van der Waals surface area contributed by atoms with E-state index in [1.54, 1.807) is 0 Å². The van der Waals surface area contributed by atoms with Crippen LogP contribution in [0.1, 0.15) is 59.0 Å². The molecule has 140 valence electrons. The Hall–Kier alpha value is -2.24. The Balaban J connectivity index is 1.68. The summed E-state index contributed by atoms with van der Waals surface area (Å²) in [4.78, 5) is 12.6. The molecule has 0 radical (unpaired) electrons.